The Kier molecular flexibility index (Phi) is 5.88. The molecule has 0 bridgehead atoms. The van der Waals surface area contributed by atoms with E-state index < -0.39 is 0 Å². The van der Waals surface area contributed by atoms with Gasteiger partial charge in [-0.05, 0) is 49.9 Å². The van der Waals surface area contributed by atoms with Crippen molar-refractivity contribution in [2.24, 2.45) is 17.8 Å². The maximum absolute atomic E-state index is 4.64. The molecule has 0 nitrogen and oxygen atoms in total. The first kappa shape index (κ1) is 14.2. The molecular formula is C17H28S. The quantitative estimate of drug-likeness (QED) is 0.509. The Morgan fingerprint density at radius 1 is 1.11 bits per heavy atom. The summed E-state index contributed by atoms with van der Waals surface area (Å²) in [6.07, 6.45) is 20.4. The summed E-state index contributed by atoms with van der Waals surface area (Å²) in [7, 11) is 0. The predicted octanol–water partition coefficient (Wildman–Crippen LogP) is 5.41. The molecule has 18 heavy (non-hydrogen) atoms. The van der Waals surface area contributed by atoms with E-state index in [2.05, 4.69) is 43.9 Å². The topological polar surface area (TPSA) is 0 Å². The Morgan fingerprint density at radius 3 is 2.72 bits per heavy atom. The lowest BCUT2D eigenvalue weighted by Gasteiger charge is -2.19. The highest BCUT2D eigenvalue weighted by Gasteiger charge is 2.21. The molecule has 2 aliphatic carbocycles. The van der Waals surface area contributed by atoms with Gasteiger partial charge in [-0.2, -0.15) is 12.6 Å². The second-order valence-electron chi connectivity index (χ2n) is 6.26. The summed E-state index contributed by atoms with van der Waals surface area (Å²) in [6, 6.07) is 0. The summed E-state index contributed by atoms with van der Waals surface area (Å²) >= 11 is 4.64. The fourth-order valence-corrected chi connectivity index (χ4v) is 3.77. The molecule has 1 heteroatoms. The van der Waals surface area contributed by atoms with E-state index in [1.807, 2.05) is 0 Å². The van der Waals surface area contributed by atoms with E-state index in [0.29, 0.717) is 5.25 Å². The molecule has 102 valence electrons. The van der Waals surface area contributed by atoms with E-state index in [9.17, 15) is 0 Å². The van der Waals surface area contributed by atoms with Crippen molar-refractivity contribution in [2.75, 3.05) is 0 Å². The zero-order chi connectivity index (χ0) is 12.8. The zero-order valence-electron chi connectivity index (χ0n) is 11.7. The van der Waals surface area contributed by atoms with Crippen molar-refractivity contribution in [3.05, 3.63) is 24.3 Å². The van der Waals surface area contributed by atoms with Crippen LogP contribution in [0.4, 0.5) is 0 Å². The lowest BCUT2D eigenvalue weighted by atomic mass is 9.87. The molecule has 0 saturated heterocycles. The number of hydrogen-bond acceptors (Lipinski definition) is 1. The Hall–Kier alpha value is -0.170. The lowest BCUT2D eigenvalue weighted by molar-refractivity contribution is 0.378. The molecule has 0 spiro atoms. The summed E-state index contributed by atoms with van der Waals surface area (Å²) < 4.78 is 0. The van der Waals surface area contributed by atoms with Crippen LogP contribution in [0.25, 0.3) is 0 Å². The molecule has 4 unspecified atom stereocenters. The van der Waals surface area contributed by atoms with Crippen molar-refractivity contribution in [1.29, 1.82) is 0 Å². The van der Waals surface area contributed by atoms with E-state index >= 15 is 0 Å². The second kappa shape index (κ2) is 7.43. The molecule has 0 aromatic carbocycles. The van der Waals surface area contributed by atoms with E-state index in [4.69, 9.17) is 0 Å². The van der Waals surface area contributed by atoms with Gasteiger partial charge in [0.05, 0.1) is 0 Å². The highest BCUT2D eigenvalue weighted by Crippen LogP contribution is 2.34. The molecular weight excluding hydrogens is 236 g/mol. The standard InChI is InChI=1S/C17H28S/c1-14(18)17-9-5-8-16(12-13-17)11-10-15-6-3-2-4-7-15/h2-4,6,14-18H,5,7-13H2,1H3. The van der Waals surface area contributed by atoms with Gasteiger partial charge in [0.15, 0.2) is 0 Å². The molecule has 0 N–H and O–H groups in total. The maximum Gasteiger partial charge on any atom is 0.00167 e. The third kappa shape index (κ3) is 4.50. The molecule has 4 atom stereocenters. The average Bonchev–Trinajstić information content (AvgIpc) is 2.63. The van der Waals surface area contributed by atoms with Crippen LogP contribution >= 0.6 is 12.6 Å². The first-order valence-corrected chi connectivity index (χ1v) is 8.28. The Labute approximate surface area is 118 Å². The fraction of sp³-hybridized carbons (Fsp3) is 0.765. The highest BCUT2D eigenvalue weighted by atomic mass is 32.1. The summed E-state index contributed by atoms with van der Waals surface area (Å²) in [5.41, 5.74) is 0. The maximum atomic E-state index is 4.64. The molecule has 0 heterocycles. The van der Waals surface area contributed by atoms with Crippen molar-refractivity contribution in [1.82, 2.24) is 0 Å². The summed E-state index contributed by atoms with van der Waals surface area (Å²) in [5, 5.41) is 0.593. The molecule has 0 aliphatic heterocycles. The summed E-state index contributed by atoms with van der Waals surface area (Å²) in [4.78, 5) is 0. The number of hydrogen-bond donors (Lipinski definition) is 1. The zero-order valence-corrected chi connectivity index (χ0v) is 12.6. The van der Waals surface area contributed by atoms with Gasteiger partial charge in [-0.3, -0.25) is 0 Å². The Balaban J connectivity index is 1.70. The monoisotopic (exact) mass is 264 g/mol. The van der Waals surface area contributed by atoms with Crippen LogP contribution in [0.5, 0.6) is 0 Å². The number of thiol groups is 1. The van der Waals surface area contributed by atoms with Gasteiger partial charge >= 0.3 is 0 Å². The van der Waals surface area contributed by atoms with Crippen molar-refractivity contribution < 1.29 is 0 Å². The second-order valence-corrected chi connectivity index (χ2v) is 7.08. The van der Waals surface area contributed by atoms with Gasteiger partial charge in [-0.15, -0.1) is 0 Å². The molecule has 0 aromatic rings. The third-order valence-electron chi connectivity index (χ3n) is 4.83. The predicted molar refractivity (Wildman–Crippen MR) is 84.1 cm³/mol. The molecule has 2 rings (SSSR count). The van der Waals surface area contributed by atoms with Gasteiger partial charge in [0.2, 0.25) is 0 Å². The van der Waals surface area contributed by atoms with Crippen LogP contribution in [0.1, 0.15) is 58.3 Å². The largest absolute Gasteiger partial charge is 0.176 e. The first-order valence-electron chi connectivity index (χ1n) is 7.77. The SMILES string of the molecule is CC(S)C1CCCC(CCC2C=CC=CC2)CC1. The first-order chi connectivity index (χ1) is 8.75. The van der Waals surface area contributed by atoms with Crippen LogP contribution in [0.3, 0.4) is 0 Å². The van der Waals surface area contributed by atoms with Crippen molar-refractivity contribution in [2.45, 2.75) is 63.5 Å². The lowest BCUT2D eigenvalue weighted by Crippen LogP contribution is -2.10. The number of rotatable bonds is 4. The van der Waals surface area contributed by atoms with Crippen LogP contribution < -0.4 is 0 Å². The minimum absolute atomic E-state index is 0.593. The van der Waals surface area contributed by atoms with Gasteiger partial charge < -0.3 is 0 Å². The Morgan fingerprint density at radius 2 is 2.00 bits per heavy atom. The van der Waals surface area contributed by atoms with Crippen molar-refractivity contribution in [3.63, 3.8) is 0 Å². The minimum Gasteiger partial charge on any atom is -0.176 e. The van der Waals surface area contributed by atoms with Crippen LogP contribution in [0.2, 0.25) is 0 Å². The highest BCUT2D eigenvalue weighted by molar-refractivity contribution is 7.80. The van der Waals surface area contributed by atoms with Gasteiger partial charge in [0, 0.05) is 5.25 Å². The smallest absolute Gasteiger partial charge is 0.00167 e. The van der Waals surface area contributed by atoms with Crippen LogP contribution in [0.15, 0.2) is 24.3 Å². The summed E-state index contributed by atoms with van der Waals surface area (Å²) in [5.74, 6) is 2.68. The van der Waals surface area contributed by atoms with E-state index in [1.165, 1.54) is 51.4 Å². The van der Waals surface area contributed by atoms with Crippen LogP contribution in [-0.2, 0) is 0 Å². The molecule has 1 saturated carbocycles. The number of allylic oxidation sites excluding steroid dienone is 4. The molecule has 0 amide bonds. The van der Waals surface area contributed by atoms with E-state index in [-0.39, 0.29) is 0 Å². The normalized spacial score (nSPS) is 34.2. The molecule has 0 radical (unpaired) electrons. The van der Waals surface area contributed by atoms with Gasteiger partial charge in [0.1, 0.15) is 0 Å². The van der Waals surface area contributed by atoms with E-state index in [1.54, 1.807) is 0 Å². The van der Waals surface area contributed by atoms with Gasteiger partial charge in [-0.1, -0.05) is 50.5 Å². The average molecular weight is 264 g/mol. The van der Waals surface area contributed by atoms with Gasteiger partial charge in [-0.25, -0.2) is 0 Å². The third-order valence-corrected chi connectivity index (χ3v) is 5.25. The molecule has 2 aliphatic rings. The molecule has 0 aromatic heterocycles. The van der Waals surface area contributed by atoms with Crippen molar-refractivity contribution in [3.8, 4) is 0 Å². The van der Waals surface area contributed by atoms with E-state index in [0.717, 1.165) is 17.8 Å². The minimum atomic E-state index is 0.593. The fourth-order valence-electron chi connectivity index (χ4n) is 3.47. The van der Waals surface area contributed by atoms with Gasteiger partial charge in [0.25, 0.3) is 0 Å². The van der Waals surface area contributed by atoms with Crippen LogP contribution in [0, 0.1) is 17.8 Å². The van der Waals surface area contributed by atoms with Crippen LogP contribution in [-0.4, -0.2) is 5.25 Å². The van der Waals surface area contributed by atoms with Crippen molar-refractivity contribution >= 4 is 12.6 Å². The Bertz CT molecular complexity index is 290. The molecule has 1 fully saturated rings. The summed E-state index contributed by atoms with van der Waals surface area (Å²) in [6.45, 7) is 2.27.